The molecule has 0 spiro atoms. The lowest BCUT2D eigenvalue weighted by Gasteiger charge is -2.30. The van der Waals surface area contributed by atoms with Crippen molar-refractivity contribution < 1.29 is 18.0 Å². The molecule has 0 fully saturated rings. The molecule has 2 amide bonds. The van der Waals surface area contributed by atoms with Crippen LogP contribution in [-0.4, -0.2) is 55.6 Å². The van der Waals surface area contributed by atoms with Crippen LogP contribution in [0.2, 0.25) is 5.02 Å². The average molecular weight is 480 g/mol. The molecule has 0 aliphatic rings. The van der Waals surface area contributed by atoms with Crippen LogP contribution in [0, 0.1) is 0 Å². The van der Waals surface area contributed by atoms with Gasteiger partial charge in [-0.05, 0) is 43.2 Å². The molecule has 2 rings (SSSR count). The Bertz CT molecular complexity index is 998. The van der Waals surface area contributed by atoms with Crippen molar-refractivity contribution in [1.82, 2.24) is 14.5 Å². The number of hydrogen-bond acceptors (Lipinski definition) is 4. The second-order valence-corrected chi connectivity index (χ2v) is 10.0. The summed E-state index contributed by atoms with van der Waals surface area (Å²) in [6.07, 6.45) is 1.78. The normalized spacial score (nSPS) is 12.4. The number of halogens is 1. The summed E-state index contributed by atoms with van der Waals surface area (Å²) in [5.74, 6) is -0.738. The largest absolute Gasteiger partial charge is 0.354 e. The van der Waals surface area contributed by atoms with Crippen molar-refractivity contribution >= 4 is 33.4 Å². The molecule has 0 saturated heterocycles. The molecule has 174 valence electrons. The molecule has 0 aliphatic heterocycles. The number of rotatable bonds is 11. The van der Waals surface area contributed by atoms with Crippen molar-refractivity contribution in [3.05, 3.63) is 65.2 Å². The highest BCUT2D eigenvalue weighted by atomic mass is 35.5. The van der Waals surface area contributed by atoms with Crippen LogP contribution in [-0.2, 0) is 26.2 Å². The third-order valence-electron chi connectivity index (χ3n) is 5.07. The van der Waals surface area contributed by atoms with Crippen LogP contribution < -0.4 is 5.32 Å². The molecule has 0 heterocycles. The number of carbonyl (C=O) groups excluding carboxylic acids is 2. The van der Waals surface area contributed by atoms with E-state index in [9.17, 15) is 18.0 Å². The van der Waals surface area contributed by atoms with Crippen LogP contribution >= 0.6 is 11.6 Å². The highest BCUT2D eigenvalue weighted by Crippen LogP contribution is 2.18. The summed E-state index contributed by atoms with van der Waals surface area (Å²) >= 11 is 5.85. The average Bonchev–Trinajstić information content (AvgIpc) is 2.78. The maximum absolute atomic E-state index is 13.2. The minimum Gasteiger partial charge on any atom is -0.354 e. The van der Waals surface area contributed by atoms with Crippen molar-refractivity contribution in [2.45, 2.75) is 44.2 Å². The smallest absolute Gasteiger partial charge is 0.243 e. The summed E-state index contributed by atoms with van der Waals surface area (Å²) < 4.78 is 26.7. The van der Waals surface area contributed by atoms with Crippen LogP contribution in [0.1, 0.15) is 32.3 Å². The number of benzene rings is 2. The van der Waals surface area contributed by atoms with Crippen LogP contribution in [0.5, 0.6) is 0 Å². The molecule has 0 unspecified atom stereocenters. The van der Waals surface area contributed by atoms with E-state index in [0.29, 0.717) is 11.6 Å². The van der Waals surface area contributed by atoms with Gasteiger partial charge in [-0.25, -0.2) is 8.42 Å². The molecule has 1 N–H and O–H groups in total. The predicted octanol–water partition coefficient (Wildman–Crippen LogP) is 3.29. The lowest BCUT2D eigenvalue weighted by molar-refractivity contribution is -0.140. The summed E-state index contributed by atoms with van der Waals surface area (Å²) in [7, 11) is -2.55. The Morgan fingerprint density at radius 2 is 1.69 bits per heavy atom. The zero-order valence-corrected chi connectivity index (χ0v) is 20.2. The number of nitrogens with zero attached hydrogens (tertiary/aromatic N) is 2. The Hall–Kier alpha value is -2.42. The van der Waals surface area contributed by atoms with E-state index < -0.39 is 28.5 Å². The zero-order valence-electron chi connectivity index (χ0n) is 18.6. The third-order valence-corrected chi connectivity index (χ3v) is 7.14. The molecule has 2 aromatic carbocycles. The first kappa shape index (κ1) is 25.8. The number of carbonyl (C=O) groups is 2. The van der Waals surface area contributed by atoms with E-state index in [1.807, 2.05) is 37.3 Å². The van der Waals surface area contributed by atoms with E-state index >= 15 is 0 Å². The maximum atomic E-state index is 13.2. The summed E-state index contributed by atoms with van der Waals surface area (Å²) in [4.78, 5) is 27.3. The van der Waals surface area contributed by atoms with Crippen LogP contribution in [0.15, 0.2) is 59.5 Å². The van der Waals surface area contributed by atoms with Gasteiger partial charge in [-0.15, -0.1) is 0 Å². The van der Waals surface area contributed by atoms with Gasteiger partial charge >= 0.3 is 0 Å². The van der Waals surface area contributed by atoms with Crippen LogP contribution in [0.3, 0.4) is 0 Å². The molecular weight excluding hydrogens is 450 g/mol. The number of amides is 2. The fourth-order valence-electron chi connectivity index (χ4n) is 3.05. The first-order valence-electron chi connectivity index (χ1n) is 10.5. The van der Waals surface area contributed by atoms with Gasteiger partial charge < -0.3 is 10.2 Å². The van der Waals surface area contributed by atoms with E-state index in [0.717, 1.165) is 22.7 Å². The molecule has 0 aliphatic carbocycles. The van der Waals surface area contributed by atoms with Gasteiger partial charge in [0.2, 0.25) is 21.8 Å². The Morgan fingerprint density at radius 3 is 2.28 bits per heavy atom. The molecule has 32 heavy (non-hydrogen) atoms. The number of nitrogens with one attached hydrogen (secondary N) is 1. The minimum atomic E-state index is -3.89. The topological polar surface area (TPSA) is 86.8 Å². The zero-order chi connectivity index (χ0) is 23.7. The third kappa shape index (κ3) is 7.05. The van der Waals surface area contributed by atoms with E-state index in [1.165, 1.54) is 36.2 Å². The van der Waals surface area contributed by atoms with Crippen molar-refractivity contribution in [2.24, 2.45) is 0 Å². The van der Waals surface area contributed by atoms with Gasteiger partial charge in [0.05, 0.1) is 11.4 Å². The van der Waals surface area contributed by atoms with Crippen LogP contribution in [0.25, 0.3) is 0 Å². The van der Waals surface area contributed by atoms with Crippen molar-refractivity contribution in [1.29, 1.82) is 0 Å². The van der Waals surface area contributed by atoms with E-state index in [-0.39, 0.29) is 17.3 Å². The van der Waals surface area contributed by atoms with Crippen molar-refractivity contribution in [2.75, 3.05) is 20.1 Å². The summed E-state index contributed by atoms with van der Waals surface area (Å²) in [6, 6.07) is 14.3. The summed E-state index contributed by atoms with van der Waals surface area (Å²) in [5.41, 5.74) is 0.845. The highest BCUT2D eigenvalue weighted by molar-refractivity contribution is 7.89. The fraction of sp³-hybridized carbons (Fsp3) is 0.391. The fourth-order valence-corrected chi connectivity index (χ4v) is 4.30. The lowest BCUT2D eigenvalue weighted by Crippen LogP contribution is -2.50. The van der Waals surface area contributed by atoms with Gasteiger partial charge in [-0.1, -0.05) is 55.3 Å². The van der Waals surface area contributed by atoms with E-state index in [1.54, 1.807) is 6.92 Å². The highest BCUT2D eigenvalue weighted by Gasteiger charge is 2.30. The number of hydrogen-bond donors (Lipinski definition) is 1. The van der Waals surface area contributed by atoms with Gasteiger partial charge in [-0.3, -0.25) is 9.59 Å². The second-order valence-electron chi connectivity index (χ2n) is 7.54. The molecule has 9 heteroatoms. The molecule has 2 aromatic rings. The van der Waals surface area contributed by atoms with Gasteiger partial charge in [0.1, 0.15) is 6.04 Å². The van der Waals surface area contributed by atoms with Gasteiger partial charge in [0.25, 0.3) is 0 Å². The Balaban J connectivity index is 2.20. The summed E-state index contributed by atoms with van der Waals surface area (Å²) in [6.45, 7) is 3.99. The predicted molar refractivity (Wildman–Crippen MR) is 126 cm³/mol. The Kier molecular flexibility index (Phi) is 9.68. The number of unbranched alkanes of at least 4 members (excludes halogenated alkanes) is 1. The first-order valence-corrected chi connectivity index (χ1v) is 12.3. The molecule has 1 atom stereocenters. The SMILES string of the molecule is CCCCNC(=O)[C@H](C)N(Cc1ccccc1)C(=O)CN(C)S(=O)(=O)c1ccc(Cl)cc1. The molecule has 0 aromatic heterocycles. The van der Waals surface area contributed by atoms with E-state index in [2.05, 4.69) is 5.32 Å². The second kappa shape index (κ2) is 12.0. The monoisotopic (exact) mass is 479 g/mol. The van der Waals surface area contributed by atoms with E-state index in [4.69, 9.17) is 11.6 Å². The lowest BCUT2D eigenvalue weighted by atomic mass is 10.1. The molecule has 7 nitrogen and oxygen atoms in total. The quantitative estimate of drug-likeness (QED) is 0.501. The van der Waals surface area contributed by atoms with Gasteiger partial charge in [0, 0.05) is 25.2 Å². The molecule has 0 radical (unpaired) electrons. The van der Waals surface area contributed by atoms with Crippen LogP contribution in [0.4, 0.5) is 0 Å². The first-order chi connectivity index (χ1) is 15.2. The van der Waals surface area contributed by atoms with Crippen molar-refractivity contribution in [3.63, 3.8) is 0 Å². The number of sulfonamides is 1. The molecular formula is C23H30ClN3O4S. The van der Waals surface area contributed by atoms with Crippen molar-refractivity contribution in [3.8, 4) is 0 Å². The molecule has 0 saturated carbocycles. The Morgan fingerprint density at radius 1 is 1.06 bits per heavy atom. The molecule has 0 bridgehead atoms. The summed E-state index contributed by atoms with van der Waals surface area (Å²) in [5, 5.41) is 3.26. The minimum absolute atomic E-state index is 0.0390. The maximum Gasteiger partial charge on any atom is 0.243 e. The van der Waals surface area contributed by atoms with Gasteiger partial charge in [0.15, 0.2) is 0 Å². The number of likely N-dealkylation sites (N-methyl/N-ethyl adjacent to an activating group) is 1. The Labute approximate surface area is 195 Å². The standard InChI is InChI=1S/C23H30ClN3O4S/c1-4-5-15-25-23(29)18(2)27(16-19-9-7-6-8-10-19)22(28)17-26(3)32(30,31)21-13-11-20(24)12-14-21/h6-14,18H,4-5,15-17H2,1-3H3,(H,25,29)/t18-/m0/s1. The van der Waals surface area contributed by atoms with Gasteiger partial charge in [-0.2, -0.15) is 4.31 Å².